The Bertz CT molecular complexity index is 1010. The third-order valence-electron chi connectivity index (χ3n) is 5.37. The predicted octanol–water partition coefficient (Wildman–Crippen LogP) is 6.47. The first kappa shape index (κ1) is 17.5. The van der Waals surface area contributed by atoms with Crippen molar-refractivity contribution in [2.24, 2.45) is 5.92 Å². The number of benzene rings is 3. The number of fused-ring (bicyclic) bond motifs is 1. The van der Waals surface area contributed by atoms with Crippen LogP contribution in [0.1, 0.15) is 31.7 Å². The molecule has 2 nitrogen and oxygen atoms in total. The number of carbonyl (C=O) groups excluding carboxylic acids is 1. The van der Waals surface area contributed by atoms with Crippen LogP contribution in [0.25, 0.3) is 21.9 Å². The topological polar surface area (TPSA) is 26.3 Å². The second-order valence-corrected chi connectivity index (χ2v) is 7.52. The minimum Gasteiger partial charge on any atom is -0.422 e. The van der Waals surface area contributed by atoms with E-state index in [1.807, 2.05) is 24.3 Å². The standard InChI is InChI=1S/C25H24O2/c1-17-9-13-19(14-10-17)22-7-3-5-20-6-4-8-23(24(20)22)27-25(26)21-15-11-18(2)12-16-21/h3-10,13-15,18H,11-12,16H2,1-2H3. The van der Waals surface area contributed by atoms with Crippen molar-refractivity contribution in [2.75, 3.05) is 0 Å². The summed E-state index contributed by atoms with van der Waals surface area (Å²) in [6, 6.07) is 20.6. The highest BCUT2D eigenvalue weighted by Crippen LogP contribution is 2.36. The molecule has 4 rings (SSSR count). The minimum absolute atomic E-state index is 0.215. The van der Waals surface area contributed by atoms with Crippen LogP contribution < -0.4 is 4.74 Å². The summed E-state index contributed by atoms with van der Waals surface area (Å²) in [5.41, 5.74) is 4.24. The third kappa shape index (κ3) is 3.66. The first-order valence-corrected chi connectivity index (χ1v) is 9.62. The Morgan fingerprint density at radius 2 is 1.74 bits per heavy atom. The molecule has 136 valence electrons. The summed E-state index contributed by atoms with van der Waals surface area (Å²) in [7, 11) is 0. The maximum Gasteiger partial charge on any atom is 0.339 e. The molecule has 0 saturated carbocycles. The average molecular weight is 356 g/mol. The summed E-state index contributed by atoms with van der Waals surface area (Å²) >= 11 is 0. The number of hydrogen-bond donors (Lipinski definition) is 0. The first-order chi connectivity index (χ1) is 13.1. The Morgan fingerprint density at radius 1 is 1.00 bits per heavy atom. The van der Waals surface area contributed by atoms with Crippen molar-refractivity contribution in [3.05, 3.63) is 77.9 Å². The molecule has 27 heavy (non-hydrogen) atoms. The zero-order chi connectivity index (χ0) is 18.8. The van der Waals surface area contributed by atoms with Gasteiger partial charge in [-0.2, -0.15) is 0 Å². The molecular weight excluding hydrogens is 332 g/mol. The summed E-state index contributed by atoms with van der Waals surface area (Å²) in [4.78, 5) is 12.7. The highest BCUT2D eigenvalue weighted by atomic mass is 16.5. The van der Waals surface area contributed by atoms with E-state index in [-0.39, 0.29) is 5.97 Å². The molecule has 0 N–H and O–H groups in total. The van der Waals surface area contributed by atoms with Crippen LogP contribution >= 0.6 is 0 Å². The minimum atomic E-state index is -0.215. The fourth-order valence-corrected chi connectivity index (χ4v) is 3.68. The van der Waals surface area contributed by atoms with E-state index in [0.717, 1.165) is 46.7 Å². The Hall–Kier alpha value is -2.87. The molecule has 0 radical (unpaired) electrons. The molecule has 0 heterocycles. The smallest absolute Gasteiger partial charge is 0.339 e. The molecule has 2 heteroatoms. The predicted molar refractivity (Wildman–Crippen MR) is 111 cm³/mol. The molecule has 0 fully saturated rings. The van der Waals surface area contributed by atoms with Gasteiger partial charge in [-0.05, 0) is 54.7 Å². The molecule has 1 atom stereocenters. The van der Waals surface area contributed by atoms with Crippen LogP contribution in [-0.2, 0) is 4.79 Å². The lowest BCUT2D eigenvalue weighted by atomic mass is 9.91. The van der Waals surface area contributed by atoms with Crippen molar-refractivity contribution in [3.8, 4) is 16.9 Å². The molecule has 0 spiro atoms. The molecule has 3 aromatic carbocycles. The van der Waals surface area contributed by atoms with Gasteiger partial charge in [0.25, 0.3) is 0 Å². The Balaban J connectivity index is 1.75. The molecule has 1 unspecified atom stereocenters. The fraction of sp³-hybridized carbons (Fsp3) is 0.240. The van der Waals surface area contributed by atoms with E-state index in [9.17, 15) is 4.79 Å². The van der Waals surface area contributed by atoms with Crippen LogP contribution in [0.3, 0.4) is 0 Å². The van der Waals surface area contributed by atoms with Crippen molar-refractivity contribution in [1.82, 2.24) is 0 Å². The van der Waals surface area contributed by atoms with E-state index in [4.69, 9.17) is 4.74 Å². The second-order valence-electron chi connectivity index (χ2n) is 7.52. The van der Waals surface area contributed by atoms with Crippen LogP contribution in [0.5, 0.6) is 5.75 Å². The van der Waals surface area contributed by atoms with Gasteiger partial charge in [0.2, 0.25) is 0 Å². The van der Waals surface area contributed by atoms with Crippen molar-refractivity contribution in [2.45, 2.75) is 33.1 Å². The van der Waals surface area contributed by atoms with Gasteiger partial charge in [-0.3, -0.25) is 0 Å². The molecule has 1 aliphatic carbocycles. The maximum atomic E-state index is 12.7. The van der Waals surface area contributed by atoms with Crippen molar-refractivity contribution >= 4 is 16.7 Å². The van der Waals surface area contributed by atoms with Gasteiger partial charge < -0.3 is 4.74 Å². The zero-order valence-corrected chi connectivity index (χ0v) is 15.9. The molecule has 0 bridgehead atoms. The van der Waals surface area contributed by atoms with E-state index in [2.05, 4.69) is 56.3 Å². The van der Waals surface area contributed by atoms with E-state index in [1.54, 1.807) is 0 Å². The highest BCUT2D eigenvalue weighted by Gasteiger charge is 2.19. The number of allylic oxidation sites excluding steroid dienone is 1. The Labute approximate surface area is 160 Å². The largest absolute Gasteiger partial charge is 0.422 e. The van der Waals surface area contributed by atoms with Crippen LogP contribution in [0.2, 0.25) is 0 Å². The van der Waals surface area contributed by atoms with Crippen LogP contribution in [-0.4, -0.2) is 5.97 Å². The normalized spacial score (nSPS) is 16.8. The zero-order valence-electron chi connectivity index (χ0n) is 15.9. The Kier molecular flexibility index (Phi) is 4.81. The van der Waals surface area contributed by atoms with E-state index in [1.165, 1.54) is 5.56 Å². The van der Waals surface area contributed by atoms with Gasteiger partial charge in [0.15, 0.2) is 0 Å². The highest BCUT2D eigenvalue weighted by molar-refractivity contribution is 6.03. The first-order valence-electron chi connectivity index (χ1n) is 9.62. The lowest BCUT2D eigenvalue weighted by Crippen LogP contribution is -2.15. The van der Waals surface area contributed by atoms with Gasteiger partial charge in [0.1, 0.15) is 5.75 Å². The number of hydrogen-bond acceptors (Lipinski definition) is 2. The van der Waals surface area contributed by atoms with Gasteiger partial charge in [-0.1, -0.05) is 73.2 Å². The summed E-state index contributed by atoms with van der Waals surface area (Å²) in [6.07, 6.45) is 4.85. The summed E-state index contributed by atoms with van der Waals surface area (Å²) in [6.45, 7) is 4.30. The van der Waals surface area contributed by atoms with Gasteiger partial charge in [0, 0.05) is 11.0 Å². The maximum absolute atomic E-state index is 12.7. The average Bonchev–Trinajstić information content (AvgIpc) is 2.69. The number of esters is 1. The second kappa shape index (κ2) is 7.40. The van der Waals surface area contributed by atoms with Crippen LogP contribution in [0.4, 0.5) is 0 Å². The monoisotopic (exact) mass is 356 g/mol. The lowest BCUT2D eigenvalue weighted by molar-refractivity contribution is -0.130. The van der Waals surface area contributed by atoms with Gasteiger partial charge in [-0.25, -0.2) is 4.79 Å². The SMILES string of the molecule is Cc1ccc(-c2cccc3cccc(OC(=O)C4=CCC(C)CC4)c23)cc1. The third-order valence-corrected chi connectivity index (χ3v) is 5.37. The quantitative estimate of drug-likeness (QED) is 0.397. The van der Waals surface area contributed by atoms with Crippen molar-refractivity contribution < 1.29 is 9.53 Å². The van der Waals surface area contributed by atoms with Gasteiger partial charge in [-0.15, -0.1) is 0 Å². The van der Waals surface area contributed by atoms with Crippen LogP contribution in [0.15, 0.2) is 72.3 Å². The van der Waals surface area contributed by atoms with E-state index in [0.29, 0.717) is 11.7 Å². The summed E-state index contributed by atoms with van der Waals surface area (Å²) in [5, 5.41) is 2.06. The number of rotatable bonds is 3. The van der Waals surface area contributed by atoms with Crippen molar-refractivity contribution in [1.29, 1.82) is 0 Å². The summed E-state index contributed by atoms with van der Waals surface area (Å²) in [5.74, 6) is 1.06. The van der Waals surface area contributed by atoms with E-state index < -0.39 is 0 Å². The molecule has 3 aromatic rings. The molecule has 0 saturated heterocycles. The molecule has 0 aliphatic heterocycles. The summed E-state index contributed by atoms with van der Waals surface area (Å²) < 4.78 is 5.88. The van der Waals surface area contributed by atoms with E-state index >= 15 is 0 Å². The van der Waals surface area contributed by atoms with Gasteiger partial charge in [0.05, 0.1) is 0 Å². The Morgan fingerprint density at radius 3 is 2.44 bits per heavy atom. The molecular formula is C25H24O2. The molecule has 1 aliphatic rings. The number of ether oxygens (including phenoxy) is 1. The lowest BCUT2D eigenvalue weighted by Gasteiger charge is -2.18. The van der Waals surface area contributed by atoms with Crippen LogP contribution in [0, 0.1) is 12.8 Å². The number of aryl methyl sites for hydroxylation is 1. The number of carbonyl (C=O) groups is 1. The fourth-order valence-electron chi connectivity index (χ4n) is 3.68. The molecule has 0 amide bonds. The van der Waals surface area contributed by atoms with Crippen molar-refractivity contribution in [3.63, 3.8) is 0 Å². The molecule has 0 aromatic heterocycles. The van der Waals surface area contributed by atoms with Gasteiger partial charge >= 0.3 is 5.97 Å².